The molecule has 0 bridgehead atoms. The van der Waals surface area contributed by atoms with Gasteiger partial charge in [0.15, 0.2) is 0 Å². The second kappa shape index (κ2) is 6.32. The number of pyridine rings is 2. The number of aryl methyl sites for hydroxylation is 1. The quantitative estimate of drug-likeness (QED) is 0.626. The van der Waals surface area contributed by atoms with Gasteiger partial charge in [-0.1, -0.05) is 12.1 Å². The lowest BCUT2D eigenvalue weighted by molar-refractivity contribution is -0.0885. The molecule has 2 aromatic heterocycles. The highest BCUT2D eigenvalue weighted by molar-refractivity contribution is 5.88. The van der Waals surface area contributed by atoms with Crippen molar-refractivity contribution < 1.29 is 9.84 Å². The van der Waals surface area contributed by atoms with Gasteiger partial charge < -0.3 is 15.6 Å². The van der Waals surface area contributed by atoms with Crippen molar-refractivity contribution in [2.24, 2.45) is 0 Å². The number of fused-ring (bicyclic) bond motifs is 1. The number of benzene rings is 1. The molecule has 1 atom stereocenters. The highest BCUT2D eigenvalue weighted by Crippen LogP contribution is 2.29. The van der Waals surface area contributed by atoms with Crippen molar-refractivity contribution in [2.45, 2.75) is 25.6 Å². The summed E-state index contributed by atoms with van der Waals surface area (Å²) >= 11 is 0. The first-order chi connectivity index (χ1) is 12.4. The number of hydrogen-bond donors (Lipinski definition) is 3. The smallest absolute Gasteiger partial charge is 0.133 e. The zero-order valence-electron chi connectivity index (χ0n) is 14.9. The van der Waals surface area contributed by atoms with Crippen molar-refractivity contribution >= 4 is 16.6 Å². The number of ether oxygens (including phenoxy) is 1. The van der Waals surface area contributed by atoms with E-state index in [0.29, 0.717) is 19.0 Å². The Hall–Kier alpha value is -2.54. The average molecular weight is 350 g/mol. The molecule has 1 aliphatic rings. The summed E-state index contributed by atoms with van der Waals surface area (Å²) in [6, 6.07) is 9.97. The zero-order valence-corrected chi connectivity index (χ0v) is 14.9. The third-order valence-electron chi connectivity index (χ3n) is 4.80. The van der Waals surface area contributed by atoms with Crippen molar-refractivity contribution in [1.29, 1.82) is 0 Å². The lowest BCUT2D eigenvalue weighted by Crippen LogP contribution is -2.58. The highest BCUT2D eigenvalue weighted by atomic mass is 16.5. The van der Waals surface area contributed by atoms with E-state index in [1.165, 1.54) is 0 Å². The molecule has 0 aliphatic carbocycles. The van der Waals surface area contributed by atoms with Gasteiger partial charge in [0.2, 0.25) is 0 Å². The van der Waals surface area contributed by atoms with Crippen LogP contribution in [0.25, 0.3) is 21.9 Å². The van der Waals surface area contributed by atoms with Crippen LogP contribution in [0.4, 0.5) is 5.82 Å². The maximum Gasteiger partial charge on any atom is 0.133 e. The number of aromatic nitrogens is 2. The molecule has 6 heteroatoms. The first-order valence-corrected chi connectivity index (χ1v) is 8.59. The van der Waals surface area contributed by atoms with Gasteiger partial charge in [0.05, 0.1) is 18.8 Å². The molecule has 1 fully saturated rings. The first-order valence-electron chi connectivity index (χ1n) is 8.59. The first kappa shape index (κ1) is 16.9. The molecule has 4 N–H and O–H groups in total. The Bertz CT molecular complexity index is 969. The number of nitrogen functional groups attached to an aromatic ring is 1. The van der Waals surface area contributed by atoms with Crippen molar-refractivity contribution in [1.82, 2.24) is 15.3 Å². The van der Waals surface area contributed by atoms with Crippen molar-refractivity contribution in [3.8, 4) is 11.1 Å². The number of nitrogens with two attached hydrogens (primary N) is 1. The van der Waals surface area contributed by atoms with E-state index in [1.807, 2.05) is 38.1 Å². The van der Waals surface area contributed by atoms with Gasteiger partial charge in [-0.3, -0.25) is 10.3 Å². The third kappa shape index (κ3) is 3.14. The van der Waals surface area contributed by atoms with E-state index in [4.69, 9.17) is 10.5 Å². The zero-order chi connectivity index (χ0) is 18.3. The molecule has 4 rings (SSSR count). The van der Waals surface area contributed by atoms with Gasteiger partial charge in [0, 0.05) is 34.6 Å². The van der Waals surface area contributed by atoms with Crippen LogP contribution in [-0.4, -0.2) is 33.8 Å². The monoisotopic (exact) mass is 350 g/mol. The normalized spacial score (nSPS) is 17.0. The topological polar surface area (TPSA) is 93.3 Å². The van der Waals surface area contributed by atoms with Crippen molar-refractivity contribution in [3.05, 3.63) is 54.0 Å². The van der Waals surface area contributed by atoms with Gasteiger partial charge in [0.25, 0.3) is 0 Å². The maximum absolute atomic E-state index is 10.6. The van der Waals surface area contributed by atoms with Crippen LogP contribution in [0.2, 0.25) is 0 Å². The van der Waals surface area contributed by atoms with E-state index in [2.05, 4.69) is 21.4 Å². The summed E-state index contributed by atoms with van der Waals surface area (Å²) in [5.74, 6) is 0.507. The lowest BCUT2D eigenvalue weighted by atomic mass is 9.97. The molecule has 3 aromatic rings. The van der Waals surface area contributed by atoms with Crippen molar-refractivity contribution in [2.75, 3.05) is 18.9 Å². The van der Waals surface area contributed by atoms with Crippen LogP contribution in [-0.2, 0) is 4.74 Å². The summed E-state index contributed by atoms with van der Waals surface area (Å²) < 4.78 is 5.23. The van der Waals surface area contributed by atoms with Crippen molar-refractivity contribution in [3.63, 3.8) is 0 Å². The lowest BCUT2D eigenvalue weighted by Gasteiger charge is -2.40. The van der Waals surface area contributed by atoms with Gasteiger partial charge in [0.1, 0.15) is 12.0 Å². The van der Waals surface area contributed by atoms with Crippen LogP contribution in [0, 0.1) is 6.92 Å². The highest BCUT2D eigenvalue weighted by Gasteiger charge is 2.35. The van der Waals surface area contributed by atoms with Crippen LogP contribution in [0.3, 0.4) is 0 Å². The summed E-state index contributed by atoms with van der Waals surface area (Å²) in [6.45, 7) is 5.18. The number of aliphatic hydroxyl groups is 1. The van der Waals surface area contributed by atoms with E-state index in [1.54, 1.807) is 12.4 Å². The molecule has 1 aromatic carbocycles. The Balaban J connectivity index is 1.68. The van der Waals surface area contributed by atoms with Gasteiger partial charge in [-0.05, 0) is 43.0 Å². The molecule has 1 aliphatic heterocycles. The van der Waals surface area contributed by atoms with Gasteiger partial charge in [-0.25, -0.2) is 4.98 Å². The number of aliphatic hydroxyl groups excluding tert-OH is 1. The summed E-state index contributed by atoms with van der Waals surface area (Å²) in [6.07, 6.45) is 2.69. The fourth-order valence-electron chi connectivity index (χ4n) is 3.22. The fourth-order valence-corrected chi connectivity index (χ4v) is 3.22. The Labute approximate surface area is 152 Å². The fraction of sp³-hybridized carbons (Fsp3) is 0.300. The van der Waals surface area contributed by atoms with E-state index >= 15 is 0 Å². The SMILES string of the molecule is Cc1ncc(C(O)NC2(C)COC2)cc1-c1ccc2cc(N)ncc2c1. The molecule has 134 valence electrons. The maximum atomic E-state index is 10.6. The molecule has 26 heavy (non-hydrogen) atoms. The summed E-state index contributed by atoms with van der Waals surface area (Å²) in [5, 5.41) is 15.8. The van der Waals surface area contributed by atoms with E-state index in [-0.39, 0.29) is 5.54 Å². The average Bonchev–Trinajstić information content (AvgIpc) is 2.60. The standard InChI is InChI=1S/C20H22N4O2/c1-12-17(14-4-3-13-7-18(21)23-8-15(13)5-14)6-16(9-22-12)19(25)24-20(2)10-26-11-20/h3-9,19,24-25H,10-11H2,1-2H3,(H2,21,23). The number of nitrogens with zero attached hydrogens (tertiary/aromatic N) is 2. The molecule has 0 saturated carbocycles. The number of anilines is 1. The Morgan fingerprint density at radius 2 is 1.96 bits per heavy atom. The summed E-state index contributed by atoms with van der Waals surface area (Å²) in [5.41, 5.74) is 9.20. The second-order valence-corrected chi connectivity index (χ2v) is 7.17. The van der Waals surface area contributed by atoms with Gasteiger partial charge in [-0.15, -0.1) is 0 Å². The molecular formula is C20H22N4O2. The predicted molar refractivity (Wildman–Crippen MR) is 101 cm³/mol. The molecule has 0 radical (unpaired) electrons. The Kier molecular flexibility index (Phi) is 4.11. The molecule has 6 nitrogen and oxygen atoms in total. The minimum absolute atomic E-state index is 0.195. The third-order valence-corrected chi connectivity index (χ3v) is 4.80. The van der Waals surface area contributed by atoms with Crippen LogP contribution in [0.15, 0.2) is 42.7 Å². The molecule has 0 spiro atoms. The molecule has 3 heterocycles. The number of hydrogen-bond acceptors (Lipinski definition) is 6. The number of rotatable bonds is 4. The van der Waals surface area contributed by atoms with Gasteiger partial charge in [-0.2, -0.15) is 0 Å². The van der Waals surface area contributed by atoms with Crippen LogP contribution in [0.1, 0.15) is 24.4 Å². The largest absolute Gasteiger partial charge is 0.384 e. The minimum atomic E-state index is -0.794. The molecule has 1 saturated heterocycles. The van der Waals surface area contributed by atoms with E-state index < -0.39 is 6.23 Å². The van der Waals surface area contributed by atoms with E-state index in [9.17, 15) is 5.11 Å². The van der Waals surface area contributed by atoms with Gasteiger partial charge >= 0.3 is 0 Å². The Morgan fingerprint density at radius 3 is 2.69 bits per heavy atom. The second-order valence-electron chi connectivity index (χ2n) is 7.17. The molecule has 1 unspecified atom stereocenters. The predicted octanol–water partition coefficient (Wildman–Crippen LogP) is 2.56. The van der Waals surface area contributed by atoms with E-state index in [0.717, 1.165) is 33.2 Å². The molecular weight excluding hydrogens is 328 g/mol. The van der Waals surface area contributed by atoms with Crippen LogP contribution < -0.4 is 11.1 Å². The Morgan fingerprint density at radius 1 is 1.15 bits per heavy atom. The summed E-state index contributed by atoms with van der Waals surface area (Å²) in [7, 11) is 0. The van der Waals surface area contributed by atoms with Crippen LogP contribution in [0.5, 0.6) is 0 Å². The minimum Gasteiger partial charge on any atom is -0.384 e. The number of nitrogens with one attached hydrogen (secondary N) is 1. The van der Waals surface area contributed by atoms with Crippen LogP contribution >= 0.6 is 0 Å². The summed E-state index contributed by atoms with van der Waals surface area (Å²) in [4.78, 5) is 8.64. The molecule has 0 amide bonds.